The van der Waals surface area contributed by atoms with Crippen LogP contribution in [0.25, 0.3) is 5.65 Å². The number of alkyl halides is 3. The number of hydrogen-bond acceptors (Lipinski definition) is 4. The Morgan fingerprint density at radius 3 is 2.67 bits per heavy atom. The maximum atomic E-state index is 13.6. The quantitative estimate of drug-likeness (QED) is 0.493. The fraction of sp³-hybridized carbons (Fsp3) is 0.375. The lowest BCUT2D eigenvalue weighted by molar-refractivity contribution is 0.0864. The highest BCUT2D eigenvalue weighted by atomic mass is 35.5. The predicted octanol–water partition coefficient (Wildman–Crippen LogP) is 3.30. The number of aromatic nitrogens is 5. The second-order valence-electron chi connectivity index (χ2n) is 6.02. The van der Waals surface area contributed by atoms with Gasteiger partial charge in [-0.3, -0.25) is 9.48 Å². The van der Waals surface area contributed by atoms with Gasteiger partial charge < -0.3 is 5.32 Å². The highest BCUT2D eigenvalue weighted by Crippen LogP contribution is 2.32. The Morgan fingerprint density at radius 2 is 2.04 bits per heavy atom. The Balaban J connectivity index is 1.67. The molecule has 11 heteroatoms. The first-order valence-electron chi connectivity index (χ1n) is 8.07. The van der Waals surface area contributed by atoms with Crippen LogP contribution in [0.4, 0.5) is 8.78 Å². The highest BCUT2D eigenvalue weighted by Gasteiger charge is 2.32. The van der Waals surface area contributed by atoms with Crippen molar-refractivity contribution in [2.75, 3.05) is 6.54 Å². The molecule has 3 aromatic heterocycles. The summed E-state index contributed by atoms with van der Waals surface area (Å²) in [6.45, 7) is 4.29. The summed E-state index contributed by atoms with van der Waals surface area (Å²) in [5.74, 6) is -0.489. The van der Waals surface area contributed by atoms with Crippen molar-refractivity contribution >= 4 is 34.8 Å². The first-order chi connectivity index (χ1) is 12.6. The van der Waals surface area contributed by atoms with Crippen molar-refractivity contribution in [1.82, 2.24) is 29.7 Å². The molecule has 0 saturated carbocycles. The lowest BCUT2D eigenvalue weighted by Gasteiger charge is -2.10. The van der Waals surface area contributed by atoms with E-state index in [0.717, 1.165) is 16.3 Å². The number of fused-ring (bicyclic) bond motifs is 1. The van der Waals surface area contributed by atoms with Gasteiger partial charge in [-0.15, -0.1) is 0 Å². The average molecular weight is 417 g/mol. The van der Waals surface area contributed by atoms with E-state index >= 15 is 0 Å². The van der Waals surface area contributed by atoms with Crippen molar-refractivity contribution in [2.24, 2.45) is 0 Å². The zero-order chi connectivity index (χ0) is 19.8. The van der Waals surface area contributed by atoms with E-state index in [0.29, 0.717) is 30.2 Å². The van der Waals surface area contributed by atoms with Crippen molar-refractivity contribution in [1.29, 1.82) is 0 Å². The van der Waals surface area contributed by atoms with Gasteiger partial charge in [0, 0.05) is 31.0 Å². The minimum Gasteiger partial charge on any atom is -0.351 e. The molecule has 1 amide bonds. The van der Waals surface area contributed by atoms with Gasteiger partial charge in [-0.1, -0.05) is 11.6 Å². The van der Waals surface area contributed by atoms with Crippen LogP contribution in [0.3, 0.4) is 0 Å². The van der Waals surface area contributed by atoms with Crippen molar-refractivity contribution < 1.29 is 13.6 Å². The Labute approximate surface area is 163 Å². The largest absolute Gasteiger partial charge is 0.364 e. The molecule has 3 rings (SSSR count). The summed E-state index contributed by atoms with van der Waals surface area (Å²) in [6.07, 6.45) is 2.32. The number of hydrogen-bond donors (Lipinski definition) is 1. The summed E-state index contributed by atoms with van der Waals surface area (Å²) in [6, 6.07) is 2.47. The van der Waals surface area contributed by atoms with Gasteiger partial charge in [0.25, 0.3) is 5.91 Å². The molecule has 0 aliphatic rings. The molecule has 0 fully saturated rings. The van der Waals surface area contributed by atoms with Gasteiger partial charge >= 0.3 is 5.38 Å². The molecule has 0 bridgehead atoms. The van der Waals surface area contributed by atoms with E-state index < -0.39 is 17.0 Å². The van der Waals surface area contributed by atoms with Gasteiger partial charge in [0.2, 0.25) is 0 Å². The predicted molar refractivity (Wildman–Crippen MR) is 96.4 cm³/mol. The summed E-state index contributed by atoms with van der Waals surface area (Å²) >= 11 is 11.1. The van der Waals surface area contributed by atoms with Crippen LogP contribution >= 0.6 is 23.2 Å². The van der Waals surface area contributed by atoms with Crippen LogP contribution < -0.4 is 5.32 Å². The third kappa shape index (κ3) is 4.36. The van der Waals surface area contributed by atoms with Crippen LogP contribution in [0.5, 0.6) is 0 Å². The molecule has 0 aromatic carbocycles. The van der Waals surface area contributed by atoms with Crippen LogP contribution in [-0.4, -0.2) is 36.8 Å². The van der Waals surface area contributed by atoms with Gasteiger partial charge in [-0.25, -0.2) is 9.50 Å². The molecule has 7 nitrogen and oxygen atoms in total. The standard InChI is InChI=1S/C16H16Cl2F2N6O/c1-9-6-13(16(18,19)20)26-14(22-9)7-12(24-26)15(27)21-4-3-5-25-8-11(17)10(2)23-25/h6-8H,3-5H2,1-2H3,(H,21,27). The maximum absolute atomic E-state index is 13.6. The Kier molecular flexibility index (Phi) is 5.34. The molecule has 0 aliphatic heterocycles. The summed E-state index contributed by atoms with van der Waals surface area (Å²) in [5, 5.41) is 7.77. The molecule has 144 valence electrons. The van der Waals surface area contributed by atoms with E-state index in [4.69, 9.17) is 23.2 Å². The number of aryl methyl sites for hydroxylation is 3. The van der Waals surface area contributed by atoms with Crippen LogP contribution in [0.1, 0.15) is 34.0 Å². The summed E-state index contributed by atoms with van der Waals surface area (Å²) < 4.78 is 29.7. The maximum Gasteiger partial charge on any atom is 0.364 e. The molecule has 0 saturated heterocycles. The molecular formula is C16H16Cl2F2N6O. The number of halogens is 4. The van der Waals surface area contributed by atoms with E-state index in [9.17, 15) is 13.6 Å². The zero-order valence-electron chi connectivity index (χ0n) is 14.5. The number of nitrogens with one attached hydrogen (secondary N) is 1. The second kappa shape index (κ2) is 7.40. The fourth-order valence-corrected chi connectivity index (χ4v) is 2.84. The van der Waals surface area contributed by atoms with Gasteiger partial charge in [0.05, 0.1) is 10.7 Å². The first-order valence-corrected chi connectivity index (χ1v) is 8.83. The number of carbonyl (C=O) groups is 1. The van der Waals surface area contributed by atoms with Crippen LogP contribution in [-0.2, 0) is 11.9 Å². The Hall–Kier alpha value is -2.26. The number of carbonyl (C=O) groups excluding carboxylic acids is 1. The SMILES string of the molecule is Cc1cc(C(F)(F)Cl)n2nc(C(=O)NCCCn3cc(Cl)c(C)n3)cc2n1. The molecule has 0 atom stereocenters. The third-order valence-corrected chi connectivity index (χ3v) is 4.38. The third-order valence-electron chi connectivity index (χ3n) is 3.81. The Morgan fingerprint density at radius 1 is 1.30 bits per heavy atom. The van der Waals surface area contributed by atoms with Crippen molar-refractivity contribution in [3.8, 4) is 0 Å². The molecule has 27 heavy (non-hydrogen) atoms. The molecule has 0 aliphatic carbocycles. The lowest BCUT2D eigenvalue weighted by atomic mass is 10.3. The molecule has 0 unspecified atom stereocenters. The smallest absolute Gasteiger partial charge is 0.351 e. The lowest BCUT2D eigenvalue weighted by Crippen LogP contribution is -2.26. The summed E-state index contributed by atoms with van der Waals surface area (Å²) in [4.78, 5) is 16.4. The van der Waals surface area contributed by atoms with Gasteiger partial charge in [0.15, 0.2) is 11.3 Å². The molecule has 0 radical (unpaired) electrons. The van der Waals surface area contributed by atoms with Gasteiger partial charge in [-0.2, -0.15) is 19.0 Å². The van der Waals surface area contributed by atoms with E-state index in [-0.39, 0.29) is 11.3 Å². The van der Waals surface area contributed by atoms with E-state index in [2.05, 4.69) is 20.5 Å². The number of amides is 1. The van der Waals surface area contributed by atoms with Crippen LogP contribution in [0.2, 0.25) is 5.02 Å². The second-order valence-corrected chi connectivity index (χ2v) is 6.90. The first kappa shape index (κ1) is 19.5. The summed E-state index contributed by atoms with van der Waals surface area (Å²) in [7, 11) is 0. The van der Waals surface area contributed by atoms with Crippen molar-refractivity contribution in [3.05, 3.63) is 46.1 Å². The number of nitrogens with zero attached hydrogens (tertiary/aromatic N) is 5. The topological polar surface area (TPSA) is 77.1 Å². The van der Waals surface area contributed by atoms with Crippen molar-refractivity contribution in [2.45, 2.75) is 32.2 Å². The Bertz CT molecular complexity index is 975. The summed E-state index contributed by atoms with van der Waals surface area (Å²) in [5.41, 5.74) is 0.639. The molecule has 0 spiro atoms. The molecular weight excluding hydrogens is 401 g/mol. The van der Waals surface area contributed by atoms with E-state index in [1.54, 1.807) is 24.7 Å². The minimum absolute atomic E-state index is 0.0201. The molecule has 3 heterocycles. The van der Waals surface area contributed by atoms with Crippen LogP contribution in [0.15, 0.2) is 18.3 Å². The van der Waals surface area contributed by atoms with Crippen LogP contribution in [0, 0.1) is 13.8 Å². The van der Waals surface area contributed by atoms with E-state index in [1.807, 2.05) is 0 Å². The molecule has 3 aromatic rings. The number of rotatable bonds is 6. The minimum atomic E-state index is -3.63. The van der Waals surface area contributed by atoms with E-state index in [1.165, 1.54) is 6.07 Å². The van der Waals surface area contributed by atoms with Crippen molar-refractivity contribution in [3.63, 3.8) is 0 Å². The normalized spacial score (nSPS) is 11.9. The fourth-order valence-electron chi connectivity index (χ4n) is 2.55. The highest BCUT2D eigenvalue weighted by molar-refractivity contribution is 6.31. The van der Waals surface area contributed by atoms with Gasteiger partial charge in [0.1, 0.15) is 5.69 Å². The molecule has 1 N–H and O–H groups in total. The zero-order valence-corrected chi connectivity index (χ0v) is 16.0. The average Bonchev–Trinajstić information content (AvgIpc) is 3.13. The monoisotopic (exact) mass is 416 g/mol. The van der Waals surface area contributed by atoms with Gasteiger partial charge in [-0.05, 0) is 37.9 Å².